The molecule has 1 N–H and O–H groups in total. The molecule has 42 heavy (non-hydrogen) atoms. The van der Waals surface area contributed by atoms with E-state index in [0.717, 1.165) is 17.5 Å². The molecule has 0 radical (unpaired) electrons. The van der Waals surface area contributed by atoms with Gasteiger partial charge in [0.25, 0.3) is 5.91 Å². The first-order valence-electron chi connectivity index (χ1n) is 14.5. The second-order valence-electron chi connectivity index (χ2n) is 11.4. The zero-order chi connectivity index (χ0) is 30.6. The van der Waals surface area contributed by atoms with E-state index in [0.29, 0.717) is 12.8 Å². The summed E-state index contributed by atoms with van der Waals surface area (Å²) in [6.45, 7) is 8.52. The first-order valence-corrected chi connectivity index (χ1v) is 14.5. The molecule has 2 atom stereocenters. The number of unbranched alkanes of at least 4 members (excludes halogenated alkanes) is 1. The summed E-state index contributed by atoms with van der Waals surface area (Å²) >= 11 is 0. The maximum absolute atomic E-state index is 14.2. The zero-order valence-electron chi connectivity index (χ0n) is 25.0. The molecule has 0 unspecified atom stereocenters. The van der Waals surface area contributed by atoms with Gasteiger partial charge in [-0.3, -0.25) is 9.69 Å². The number of hydrogen-bond donors (Lipinski definition) is 1. The van der Waals surface area contributed by atoms with Gasteiger partial charge in [-0.15, -0.1) is 0 Å². The molecule has 0 bridgehead atoms. The zero-order valence-corrected chi connectivity index (χ0v) is 25.0. The lowest BCUT2D eigenvalue weighted by molar-refractivity contribution is -0.151. The molecule has 2 aromatic rings. The van der Waals surface area contributed by atoms with Crippen molar-refractivity contribution in [1.82, 2.24) is 15.1 Å². The third-order valence-electron chi connectivity index (χ3n) is 7.00. The quantitative estimate of drug-likeness (QED) is 0.228. The summed E-state index contributed by atoms with van der Waals surface area (Å²) in [5.74, 6) is -1.16. The number of carbonyl (C=O) groups is 3. The highest BCUT2D eigenvalue weighted by molar-refractivity contribution is 5.91. The minimum atomic E-state index is -1.69. The largest absolute Gasteiger partial charge is 0.459 e. The van der Waals surface area contributed by atoms with Crippen LogP contribution in [0.3, 0.4) is 0 Å². The first kappa shape index (κ1) is 32.5. The van der Waals surface area contributed by atoms with Crippen LogP contribution in [0, 0.1) is 0 Å². The van der Waals surface area contributed by atoms with Gasteiger partial charge in [-0.25, -0.2) is 14.4 Å². The summed E-state index contributed by atoms with van der Waals surface area (Å²) in [4.78, 5) is 59.4. The van der Waals surface area contributed by atoms with Crippen molar-refractivity contribution in [2.75, 3.05) is 26.2 Å². The molecule has 1 aliphatic rings. The van der Waals surface area contributed by atoms with Crippen molar-refractivity contribution in [2.45, 2.75) is 77.3 Å². The Hall–Kier alpha value is -4.01. The van der Waals surface area contributed by atoms with Gasteiger partial charge in [0.15, 0.2) is 0 Å². The van der Waals surface area contributed by atoms with Crippen LogP contribution in [-0.4, -0.2) is 77.3 Å². The normalized spacial score (nSPS) is 16.0. The average Bonchev–Trinajstić information content (AvgIpc) is 2.98. The van der Waals surface area contributed by atoms with Crippen LogP contribution >= 0.6 is 0 Å². The molecule has 1 heterocycles. The predicted octanol–water partition coefficient (Wildman–Crippen LogP) is 4.23. The van der Waals surface area contributed by atoms with E-state index >= 15 is 0 Å². The fourth-order valence-electron chi connectivity index (χ4n) is 4.80. The number of isocyanates is 1. The van der Waals surface area contributed by atoms with Crippen molar-refractivity contribution in [3.05, 3.63) is 71.8 Å². The number of rotatable bonds is 12. The molecule has 0 aromatic heterocycles. The molecule has 3 rings (SSSR count). The maximum Gasteiger partial charge on any atom is 0.410 e. The van der Waals surface area contributed by atoms with Gasteiger partial charge < -0.3 is 19.7 Å². The second-order valence-corrected chi connectivity index (χ2v) is 11.4. The molecule has 2 amide bonds. The van der Waals surface area contributed by atoms with E-state index < -0.39 is 35.3 Å². The number of aliphatic imine (C=N–C) groups is 1. The number of nitrogens with one attached hydrogen (secondary N) is 1. The summed E-state index contributed by atoms with van der Waals surface area (Å²) in [6.07, 6.45) is 3.11. The van der Waals surface area contributed by atoms with Crippen molar-refractivity contribution in [3.8, 4) is 0 Å². The lowest BCUT2D eigenvalue weighted by Crippen LogP contribution is -2.65. The van der Waals surface area contributed by atoms with Crippen molar-refractivity contribution in [3.63, 3.8) is 0 Å². The molecular weight excluding hydrogens is 536 g/mol. The number of carbonyl (C=O) groups excluding carboxylic acids is 4. The SMILES string of the molecule is CCCC[C@H](NC(=O)[C@](Cc1ccccc1)(N=C=O)N1CCN(C(=O)OC(C)(C)C)CC1)C(=O)OCc1ccccc1. The standard InChI is InChI=1S/C32H42N4O6/c1-5-6-17-27(28(38)41-23-26-15-11-8-12-16-26)34-29(39)32(33-24-37,22-25-13-9-7-10-14-25)36-20-18-35(19-21-36)30(40)42-31(2,3)4/h7-16,27H,5-6,17-23H2,1-4H3,(H,34,39)/t27-,32+/m0/s1. The van der Waals surface area contributed by atoms with Crippen LogP contribution in [0.1, 0.15) is 58.1 Å². The molecule has 1 fully saturated rings. The third kappa shape index (κ3) is 9.26. The molecule has 1 aliphatic heterocycles. The van der Waals surface area contributed by atoms with Gasteiger partial charge in [0, 0.05) is 32.6 Å². The smallest absolute Gasteiger partial charge is 0.410 e. The van der Waals surface area contributed by atoms with Crippen LogP contribution in [0.2, 0.25) is 0 Å². The van der Waals surface area contributed by atoms with Crippen LogP contribution in [0.4, 0.5) is 4.79 Å². The molecule has 0 saturated carbocycles. The Morgan fingerprint density at radius 1 is 0.952 bits per heavy atom. The van der Waals surface area contributed by atoms with E-state index in [-0.39, 0.29) is 39.2 Å². The van der Waals surface area contributed by atoms with Crippen LogP contribution < -0.4 is 5.32 Å². The summed E-state index contributed by atoms with van der Waals surface area (Å²) in [5, 5.41) is 2.86. The number of amides is 2. The minimum absolute atomic E-state index is 0.0703. The molecule has 10 heteroatoms. The van der Waals surface area contributed by atoms with Crippen LogP contribution in [-0.2, 0) is 36.9 Å². The van der Waals surface area contributed by atoms with E-state index in [2.05, 4.69) is 10.3 Å². The van der Waals surface area contributed by atoms with Gasteiger partial charge >= 0.3 is 12.1 Å². The summed E-state index contributed by atoms with van der Waals surface area (Å²) < 4.78 is 11.1. The Bertz CT molecular complexity index is 1220. The Kier molecular flexibility index (Phi) is 11.8. The van der Waals surface area contributed by atoms with E-state index in [1.807, 2.05) is 67.6 Å². The molecule has 0 spiro atoms. The van der Waals surface area contributed by atoms with Gasteiger partial charge in [0.1, 0.15) is 18.2 Å². The van der Waals surface area contributed by atoms with Gasteiger partial charge in [-0.05, 0) is 38.3 Å². The Balaban J connectivity index is 1.86. The van der Waals surface area contributed by atoms with E-state index in [1.54, 1.807) is 36.7 Å². The fraction of sp³-hybridized carbons (Fsp3) is 0.500. The van der Waals surface area contributed by atoms with E-state index in [1.165, 1.54) is 0 Å². The molecular formula is C32H42N4O6. The monoisotopic (exact) mass is 578 g/mol. The van der Waals surface area contributed by atoms with Crippen molar-refractivity contribution >= 4 is 24.0 Å². The summed E-state index contributed by atoms with van der Waals surface area (Å²) in [6, 6.07) is 17.6. The number of hydrogen-bond acceptors (Lipinski definition) is 8. The number of ether oxygens (including phenoxy) is 2. The van der Waals surface area contributed by atoms with Crippen LogP contribution in [0.25, 0.3) is 0 Å². The topological polar surface area (TPSA) is 118 Å². The Morgan fingerprint density at radius 2 is 1.55 bits per heavy atom. The van der Waals surface area contributed by atoms with Gasteiger partial charge in [-0.2, -0.15) is 4.99 Å². The molecule has 0 aliphatic carbocycles. The van der Waals surface area contributed by atoms with E-state index in [9.17, 15) is 19.2 Å². The summed E-state index contributed by atoms with van der Waals surface area (Å²) in [5.41, 5.74) is -0.723. The molecule has 226 valence electrons. The van der Waals surface area contributed by atoms with Gasteiger partial charge in [0.2, 0.25) is 11.7 Å². The van der Waals surface area contributed by atoms with Crippen molar-refractivity contribution in [2.24, 2.45) is 4.99 Å². The molecule has 10 nitrogen and oxygen atoms in total. The van der Waals surface area contributed by atoms with Crippen LogP contribution in [0.15, 0.2) is 65.7 Å². The molecule has 1 saturated heterocycles. The highest BCUT2D eigenvalue weighted by Crippen LogP contribution is 2.26. The average molecular weight is 579 g/mol. The van der Waals surface area contributed by atoms with Crippen molar-refractivity contribution < 1.29 is 28.7 Å². The number of esters is 1. The minimum Gasteiger partial charge on any atom is -0.459 e. The lowest BCUT2D eigenvalue weighted by Gasteiger charge is -2.44. The Morgan fingerprint density at radius 3 is 2.10 bits per heavy atom. The fourth-order valence-corrected chi connectivity index (χ4v) is 4.80. The number of nitrogens with zero attached hydrogens (tertiary/aromatic N) is 3. The van der Waals surface area contributed by atoms with Crippen molar-refractivity contribution in [1.29, 1.82) is 0 Å². The summed E-state index contributed by atoms with van der Waals surface area (Å²) in [7, 11) is 0. The predicted molar refractivity (Wildman–Crippen MR) is 158 cm³/mol. The number of benzene rings is 2. The van der Waals surface area contributed by atoms with Crippen LogP contribution in [0.5, 0.6) is 0 Å². The number of piperazine rings is 1. The van der Waals surface area contributed by atoms with E-state index in [4.69, 9.17) is 9.47 Å². The highest BCUT2D eigenvalue weighted by atomic mass is 16.6. The third-order valence-corrected chi connectivity index (χ3v) is 7.00. The van der Waals surface area contributed by atoms with Gasteiger partial charge in [0.05, 0.1) is 0 Å². The Labute approximate surface area is 248 Å². The second kappa shape index (κ2) is 15.3. The first-order chi connectivity index (χ1) is 20.1. The lowest BCUT2D eigenvalue weighted by atomic mass is 9.95. The molecule has 2 aromatic carbocycles. The van der Waals surface area contributed by atoms with Gasteiger partial charge in [-0.1, -0.05) is 80.4 Å². The maximum atomic E-state index is 14.2. The highest BCUT2D eigenvalue weighted by Gasteiger charge is 2.47.